The van der Waals surface area contributed by atoms with Crippen LogP contribution in [-0.4, -0.2) is 86.8 Å². The number of sulfonamides is 1. The van der Waals surface area contributed by atoms with Gasteiger partial charge in [0, 0.05) is 50.5 Å². The number of carbonyl (C=O) groups excluding carboxylic acids is 1. The van der Waals surface area contributed by atoms with E-state index in [1.807, 2.05) is 14.1 Å². The van der Waals surface area contributed by atoms with Gasteiger partial charge in [0.05, 0.1) is 10.5 Å². The van der Waals surface area contributed by atoms with E-state index in [1.165, 1.54) is 16.4 Å². The van der Waals surface area contributed by atoms with Gasteiger partial charge in [0.15, 0.2) is 0 Å². The molecule has 1 aromatic heterocycles. The van der Waals surface area contributed by atoms with Crippen molar-refractivity contribution in [2.45, 2.75) is 4.90 Å². The van der Waals surface area contributed by atoms with Gasteiger partial charge >= 0.3 is 0 Å². The highest BCUT2D eigenvalue weighted by Gasteiger charge is 2.30. The van der Waals surface area contributed by atoms with Crippen molar-refractivity contribution >= 4 is 33.3 Å². The third-order valence-corrected chi connectivity index (χ3v) is 7.02. The number of hydrogen-bond acceptors (Lipinski definition) is 6. The zero-order valence-electron chi connectivity index (χ0n) is 17.1. The number of likely N-dealkylation sites (N-methyl/N-ethyl adjacent to an activating group) is 1. The smallest absolute Gasteiger partial charge is 0.255 e. The second kappa shape index (κ2) is 9.74. The third kappa shape index (κ3) is 5.48. The average molecular weight is 452 g/mol. The molecule has 1 amide bonds. The van der Waals surface area contributed by atoms with Crippen LogP contribution in [-0.2, 0) is 10.0 Å². The number of pyridine rings is 1. The fourth-order valence-electron chi connectivity index (χ4n) is 3.10. The van der Waals surface area contributed by atoms with E-state index >= 15 is 0 Å². The van der Waals surface area contributed by atoms with E-state index in [0.717, 1.165) is 13.1 Å². The molecule has 3 rings (SSSR count). The topological polar surface area (TPSA) is 85.9 Å². The number of aromatic nitrogens is 1. The molecular weight excluding hydrogens is 426 g/mol. The molecule has 0 aliphatic carbocycles. The number of carbonyl (C=O) groups is 1. The maximum absolute atomic E-state index is 12.8. The van der Waals surface area contributed by atoms with Crippen LogP contribution in [0.25, 0.3) is 0 Å². The maximum atomic E-state index is 12.8. The van der Waals surface area contributed by atoms with Crippen molar-refractivity contribution in [3.63, 3.8) is 0 Å². The van der Waals surface area contributed by atoms with Crippen LogP contribution in [0, 0.1) is 0 Å². The summed E-state index contributed by atoms with van der Waals surface area (Å²) in [6.07, 6.45) is 1.55. The molecule has 1 aromatic carbocycles. The number of rotatable bonds is 7. The molecule has 1 aliphatic rings. The summed E-state index contributed by atoms with van der Waals surface area (Å²) in [5, 5.41) is 3.69. The Kier molecular flexibility index (Phi) is 7.30. The molecule has 0 saturated carbocycles. The lowest BCUT2D eigenvalue weighted by Gasteiger charge is -2.34. The summed E-state index contributed by atoms with van der Waals surface area (Å²) in [7, 11) is 0.394. The summed E-state index contributed by atoms with van der Waals surface area (Å²) in [5.41, 5.74) is 0.488. The first-order valence-corrected chi connectivity index (χ1v) is 11.5. The minimum absolute atomic E-state index is 0.147. The summed E-state index contributed by atoms with van der Waals surface area (Å²) in [4.78, 5) is 21.0. The minimum atomic E-state index is -3.60. The fourth-order valence-corrected chi connectivity index (χ4v) is 4.65. The van der Waals surface area contributed by atoms with Crippen LogP contribution in [0.3, 0.4) is 0 Å². The van der Waals surface area contributed by atoms with E-state index in [2.05, 4.69) is 15.2 Å². The van der Waals surface area contributed by atoms with Gasteiger partial charge in [-0.3, -0.25) is 4.79 Å². The summed E-state index contributed by atoms with van der Waals surface area (Å²) in [6, 6.07) is 9.62. The highest BCUT2D eigenvalue weighted by Crippen LogP contribution is 2.20. The number of benzene rings is 1. The normalized spacial score (nSPS) is 15.4. The molecule has 1 N–H and O–H groups in total. The molecule has 0 unspecified atom stereocenters. The van der Waals surface area contributed by atoms with E-state index in [0.29, 0.717) is 29.5 Å². The fraction of sp³-hybridized carbons (Fsp3) is 0.400. The molecular formula is C20H26ClN5O3S. The molecule has 0 bridgehead atoms. The quantitative estimate of drug-likeness (QED) is 0.691. The van der Waals surface area contributed by atoms with Gasteiger partial charge in [-0.1, -0.05) is 11.6 Å². The van der Waals surface area contributed by atoms with Gasteiger partial charge in [-0.25, -0.2) is 13.4 Å². The summed E-state index contributed by atoms with van der Waals surface area (Å²) < 4.78 is 26.9. The first kappa shape index (κ1) is 22.5. The van der Waals surface area contributed by atoms with Crippen molar-refractivity contribution in [3.8, 4) is 0 Å². The number of nitrogens with one attached hydrogen (secondary N) is 1. The highest BCUT2D eigenvalue weighted by atomic mass is 35.5. The predicted molar refractivity (Wildman–Crippen MR) is 117 cm³/mol. The van der Waals surface area contributed by atoms with Gasteiger partial charge in [-0.15, -0.1) is 0 Å². The van der Waals surface area contributed by atoms with Gasteiger partial charge in [0.1, 0.15) is 5.82 Å². The highest BCUT2D eigenvalue weighted by molar-refractivity contribution is 7.89. The second-order valence-corrected chi connectivity index (χ2v) is 9.69. The van der Waals surface area contributed by atoms with Crippen molar-refractivity contribution < 1.29 is 13.2 Å². The number of anilines is 1. The molecule has 0 spiro atoms. The molecule has 1 fully saturated rings. The lowest BCUT2D eigenvalue weighted by atomic mass is 10.2. The van der Waals surface area contributed by atoms with Crippen LogP contribution in [0.15, 0.2) is 47.5 Å². The zero-order valence-corrected chi connectivity index (χ0v) is 18.7. The summed E-state index contributed by atoms with van der Waals surface area (Å²) in [5.74, 6) is 0.568. The van der Waals surface area contributed by atoms with Crippen LogP contribution < -0.4 is 5.32 Å². The Bertz CT molecular complexity index is 957. The monoisotopic (exact) mass is 451 g/mol. The van der Waals surface area contributed by atoms with Gasteiger partial charge in [0.25, 0.3) is 5.91 Å². The third-order valence-electron chi connectivity index (χ3n) is 4.85. The Morgan fingerprint density at radius 2 is 1.77 bits per heavy atom. The largest absolute Gasteiger partial charge is 0.369 e. The van der Waals surface area contributed by atoms with E-state index < -0.39 is 10.0 Å². The van der Waals surface area contributed by atoms with E-state index in [9.17, 15) is 13.2 Å². The standard InChI is InChI=1S/C20H26ClN5O3S/c1-24(2)10-9-22-19-8-3-16(15-23-19)20(27)25-11-13-26(14-12-25)30(28,29)18-6-4-17(21)5-7-18/h3-8,15H,9-14H2,1-2H3,(H,22,23). The molecule has 8 nitrogen and oxygen atoms in total. The second-order valence-electron chi connectivity index (χ2n) is 7.31. The minimum Gasteiger partial charge on any atom is -0.369 e. The van der Waals surface area contributed by atoms with Crippen molar-refractivity contribution in [2.75, 3.05) is 58.7 Å². The Labute approximate surface area is 182 Å². The molecule has 30 heavy (non-hydrogen) atoms. The average Bonchev–Trinajstić information content (AvgIpc) is 2.74. The lowest BCUT2D eigenvalue weighted by Crippen LogP contribution is -2.50. The lowest BCUT2D eigenvalue weighted by molar-refractivity contribution is 0.0697. The first-order chi connectivity index (χ1) is 14.3. The van der Waals surface area contributed by atoms with Crippen LogP contribution in [0.5, 0.6) is 0 Å². The van der Waals surface area contributed by atoms with Crippen molar-refractivity contribution in [1.29, 1.82) is 0 Å². The number of nitrogens with zero attached hydrogens (tertiary/aromatic N) is 4. The van der Waals surface area contributed by atoms with E-state index in [-0.39, 0.29) is 23.9 Å². The Hall–Kier alpha value is -2.20. The van der Waals surface area contributed by atoms with Crippen LogP contribution >= 0.6 is 11.6 Å². The number of hydrogen-bond donors (Lipinski definition) is 1. The number of halogens is 1. The Balaban J connectivity index is 1.56. The van der Waals surface area contributed by atoms with Crippen LogP contribution in [0.2, 0.25) is 5.02 Å². The molecule has 2 heterocycles. The predicted octanol–water partition coefficient (Wildman–Crippen LogP) is 1.86. The van der Waals surface area contributed by atoms with Crippen molar-refractivity contribution in [2.24, 2.45) is 0 Å². The van der Waals surface area contributed by atoms with Crippen LogP contribution in [0.1, 0.15) is 10.4 Å². The van der Waals surface area contributed by atoms with Gasteiger partial charge in [-0.2, -0.15) is 4.31 Å². The Morgan fingerprint density at radius 1 is 1.10 bits per heavy atom. The van der Waals surface area contributed by atoms with Crippen molar-refractivity contribution in [1.82, 2.24) is 19.1 Å². The maximum Gasteiger partial charge on any atom is 0.255 e. The molecule has 0 radical (unpaired) electrons. The molecule has 0 atom stereocenters. The Morgan fingerprint density at radius 3 is 2.33 bits per heavy atom. The molecule has 1 saturated heterocycles. The number of piperazine rings is 1. The summed E-state index contributed by atoms with van der Waals surface area (Å²) >= 11 is 5.84. The first-order valence-electron chi connectivity index (χ1n) is 9.67. The van der Waals surface area contributed by atoms with Gasteiger partial charge < -0.3 is 15.1 Å². The SMILES string of the molecule is CN(C)CCNc1ccc(C(=O)N2CCN(S(=O)(=O)c3ccc(Cl)cc3)CC2)cn1. The molecule has 10 heteroatoms. The van der Waals surface area contributed by atoms with E-state index in [1.54, 1.807) is 35.4 Å². The molecule has 162 valence electrons. The zero-order chi connectivity index (χ0) is 21.7. The van der Waals surface area contributed by atoms with Crippen molar-refractivity contribution in [3.05, 3.63) is 53.2 Å². The number of amides is 1. The van der Waals surface area contributed by atoms with Crippen LogP contribution in [0.4, 0.5) is 5.82 Å². The molecule has 2 aromatic rings. The van der Waals surface area contributed by atoms with Gasteiger partial charge in [-0.05, 0) is 50.5 Å². The molecule has 1 aliphatic heterocycles. The van der Waals surface area contributed by atoms with E-state index in [4.69, 9.17) is 11.6 Å². The summed E-state index contributed by atoms with van der Waals surface area (Å²) in [6.45, 7) is 2.79. The van der Waals surface area contributed by atoms with Gasteiger partial charge in [0.2, 0.25) is 10.0 Å².